The highest BCUT2D eigenvalue weighted by atomic mass is 19.4. The number of aromatic nitrogens is 2. The number of carbonyl (C=O) groups excluding carboxylic acids is 2. The van der Waals surface area contributed by atoms with Gasteiger partial charge < -0.3 is 37.6 Å². The number of carboxylic acids is 1. The summed E-state index contributed by atoms with van der Waals surface area (Å²) < 4.78 is 62.0. The van der Waals surface area contributed by atoms with Crippen molar-refractivity contribution >= 4 is 41.6 Å². The van der Waals surface area contributed by atoms with E-state index in [1.54, 1.807) is 42.5 Å². The van der Waals surface area contributed by atoms with Gasteiger partial charge in [0, 0.05) is 41.5 Å². The van der Waals surface area contributed by atoms with Gasteiger partial charge in [-0.05, 0) is 44.5 Å². The molecule has 3 rings (SSSR count). The van der Waals surface area contributed by atoms with E-state index in [-0.39, 0.29) is 43.2 Å². The molecule has 0 unspecified atom stereocenters. The number of hydrogen-bond acceptors (Lipinski definition) is 9. The van der Waals surface area contributed by atoms with Crippen molar-refractivity contribution in [3.8, 4) is 11.3 Å². The summed E-state index contributed by atoms with van der Waals surface area (Å²) in [5, 5.41) is 30.0. The van der Waals surface area contributed by atoms with Crippen LogP contribution in [0.2, 0.25) is 0 Å². The van der Waals surface area contributed by atoms with E-state index < -0.39 is 30.3 Å². The Morgan fingerprint density at radius 3 is 2.02 bits per heavy atom. The van der Waals surface area contributed by atoms with Crippen LogP contribution in [0.25, 0.3) is 11.3 Å². The van der Waals surface area contributed by atoms with Crippen LogP contribution in [0, 0.1) is 5.41 Å². The number of amides is 2. The van der Waals surface area contributed by atoms with Crippen molar-refractivity contribution in [2.75, 3.05) is 17.6 Å². The molecule has 0 aliphatic rings. The number of nitrogens with one attached hydrogen (secondary N) is 4. The van der Waals surface area contributed by atoms with E-state index in [4.69, 9.17) is 36.7 Å². The van der Waals surface area contributed by atoms with Crippen LogP contribution in [0.5, 0.6) is 0 Å². The third-order valence-electron chi connectivity index (χ3n) is 5.63. The minimum absolute atomic E-state index is 0.0390. The van der Waals surface area contributed by atoms with Crippen LogP contribution in [0.3, 0.4) is 0 Å². The number of anilines is 2. The van der Waals surface area contributed by atoms with Gasteiger partial charge in [0.2, 0.25) is 5.91 Å². The number of carboxylic acid groups (broad SMARTS) is 2. The molecule has 15 nitrogen and oxygen atoms in total. The Labute approximate surface area is 286 Å². The number of carbonyl (C=O) groups is 4. The lowest BCUT2D eigenvalue weighted by Gasteiger charge is -2.17. The first-order valence-corrected chi connectivity index (χ1v) is 14.2. The molecule has 0 aliphatic heterocycles. The topological polar surface area (TPSA) is 256 Å². The van der Waals surface area contributed by atoms with Gasteiger partial charge in [0.1, 0.15) is 12.4 Å². The van der Waals surface area contributed by atoms with Crippen molar-refractivity contribution in [1.29, 1.82) is 5.41 Å². The van der Waals surface area contributed by atoms with Crippen LogP contribution in [-0.2, 0) is 27.5 Å². The molecule has 0 aliphatic carbocycles. The molecule has 0 saturated heterocycles. The van der Waals surface area contributed by atoms with E-state index in [2.05, 4.69) is 20.9 Å². The first-order valence-electron chi connectivity index (χ1n) is 14.2. The zero-order chi connectivity index (χ0) is 39.5. The molecule has 3 aromatic rings. The van der Waals surface area contributed by atoms with Crippen LogP contribution in [-0.4, -0.2) is 75.3 Å². The van der Waals surface area contributed by atoms with Gasteiger partial charge in [-0.15, -0.1) is 0 Å². The molecule has 0 atom stereocenters. The maximum absolute atomic E-state index is 13.3. The molecule has 1 heterocycles. The zero-order valence-electron chi connectivity index (χ0n) is 27.2. The number of nitrogens with two attached hydrogens (primary N) is 2. The SMILES string of the molecule is CCNC(=O)c1cc(N)cc(-c2cnc(NC(C)C)c(=O)n2CC(=O)NCc2ccc(C(=N)N)cc2)c1.FC(F)F.O=C(O)C(F)(F)F.O=CO. The van der Waals surface area contributed by atoms with Crippen LogP contribution in [0.4, 0.5) is 37.8 Å². The Kier molecular flexibility index (Phi) is 19.1. The maximum Gasteiger partial charge on any atom is 0.490 e. The zero-order valence-corrected chi connectivity index (χ0v) is 27.2. The van der Waals surface area contributed by atoms with Crippen LogP contribution < -0.4 is 33.0 Å². The minimum atomic E-state index is -5.08. The number of halogens is 6. The van der Waals surface area contributed by atoms with Gasteiger partial charge in [0.15, 0.2) is 5.82 Å². The number of nitrogen functional groups attached to an aromatic ring is 2. The second-order valence-electron chi connectivity index (χ2n) is 9.93. The first kappa shape index (κ1) is 44.8. The molecule has 2 amide bonds. The van der Waals surface area contributed by atoms with Crippen molar-refractivity contribution in [2.24, 2.45) is 5.73 Å². The number of nitrogens with zero attached hydrogens (tertiary/aromatic N) is 2. The van der Waals surface area contributed by atoms with Crippen LogP contribution in [0.1, 0.15) is 42.3 Å². The molecular weight excluding hydrogens is 698 g/mol. The number of aliphatic carboxylic acids is 1. The summed E-state index contributed by atoms with van der Waals surface area (Å²) >= 11 is 0. The molecule has 10 N–H and O–H groups in total. The fourth-order valence-electron chi connectivity index (χ4n) is 3.64. The molecule has 2 aromatic carbocycles. The van der Waals surface area contributed by atoms with Crippen LogP contribution >= 0.6 is 0 Å². The standard InChI is InChI=1S/C26H32N8O3.C2HF3O2.CHF3.CH2O2/c1-4-30-25(36)19-9-18(10-20(27)11-19)21-13-32-24(33-15(2)3)26(37)34(21)14-22(35)31-12-16-5-7-17(8-6-16)23(28)29;3-2(4,5)1(6)7;2-1(3)4;2-1-3/h5-11,13,15H,4,12,14,27H2,1-3H3,(H3,28,29)(H,30,36)(H,31,35)(H,32,33);(H,6,7);1H;1H,(H,2,3). The van der Waals surface area contributed by atoms with Crippen molar-refractivity contribution < 1.29 is 55.7 Å². The summed E-state index contributed by atoms with van der Waals surface area (Å²) in [6, 6.07) is 11.7. The normalized spacial score (nSPS) is 10.3. The lowest BCUT2D eigenvalue weighted by atomic mass is 10.1. The fraction of sp³-hybridized carbons (Fsp3) is 0.300. The lowest BCUT2D eigenvalue weighted by molar-refractivity contribution is -0.192. The molecule has 0 saturated carbocycles. The van der Waals surface area contributed by atoms with Gasteiger partial charge in [-0.1, -0.05) is 24.3 Å². The lowest BCUT2D eigenvalue weighted by Crippen LogP contribution is -2.35. The van der Waals surface area contributed by atoms with Gasteiger partial charge in [0.05, 0.1) is 11.9 Å². The minimum Gasteiger partial charge on any atom is -0.483 e. The van der Waals surface area contributed by atoms with Gasteiger partial charge in [-0.25, -0.2) is 9.78 Å². The summed E-state index contributed by atoms with van der Waals surface area (Å²) in [6.07, 6.45) is -3.60. The second-order valence-corrected chi connectivity index (χ2v) is 9.93. The van der Waals surface area contributed by atoms with E-state index in [0.29, 0.717) is 34.6 Å². The molecule has 1 aromatic heterocycles. The van der Waals surface area contributed by atoms with Crippen molar-refractivity contribution in [3.05, 3.63) is 75.7 Å². The smallest absolute Gasteiger partial charge is 0.483 e. The third-order valence-corrected chi connectivity index (χ3v) is 5.63. The molecular formula is C30H36F6N8O7. The van der Waals surface area contributed by atoms with Crippen molar-refractivity contribution in [2.45, 2.75) is 52.8 Å². The van der Waals surface area contributed by atoms with E-state index in [1.165, 1.54) is 10.8 Å². The summed E-state index contributed by atoms with van der Waals surface area (Å²) in [4.78, 5) is 60.2. The van der Waals surface area contributed by atoms with Gasteiger partial charge >= 0.3 is 18.8 Å². The summed E-state index contributed by atoms with van der Waals surface area (Å²) in [5.74, 6) is -3.38. The predicted octanol–water partition coefficient (Wildman–Crippen LogP) is 3.18. The number of amidine groups is 1. The highest BCUT2D eigenvalue weighted by molar-refractivity contribution is 5.96. The number of alkyl halides is 6. The molecule has 21 heteroatoms. The average molecular weight is 735 g/mol. The molecule has 0 radical (unpaired) electrons. The van der Waals surface area contributed by atoms with Gasteiger partial charge in [0.25, 0.3) is 17.9 Å². The first-order chi connectivity index (χ1) is 23.7. The van der Waals surface area contributed by atoms with Crippen LogP contribution in [0.15, 0.2) is 53.5 Å². The third kappa shape index (κ3) is 17.2. The molecule has 280 valence electrons. The Bertz CT molecular complexity index is 1680. The highest BCUT2D eigenvalue weighted by Gasteiger charge is 2.38. The number of hydrogen-bond donors (Lipinski definition) is 8. The van der Waals surface area contributed by atoms with E-state index in [9.17, 15) is 40.7 Å². The molecule has 51 heavy (non-hydrogen) atoms. The summed E-state index contributed by atoms with van der Waals surface area (Å²) in [5.41, 5.74) is 13.9. The van der Waals surface area contributed by atoms with E-state index in [1.807, 2.05) is 20.8 Å². The predicted molar refractivity (Wildman–Crippen MR) is 174 cm³/mol. The maximum atomic E-state index is 13.3. The quantitative estimate of drug-likeness (QED) is 0.0493. The highest BCUT2D eigenvalue weighted by Crippen LogP contribution is 2.23. The van der Waals surface area contributed by atoms with Crippen molar-refractivity contribution in [1.82, 2.24) is 20.2 Å². The Morgan fingerprint density at radius 2 is 1.57 bits per heavy atom. The average Bonchev–Trinajstić information content (AvgIpc) is 3.02. The molecule has 0 fully saturated rings. The van der Waals surface area contributed by atoms with E-state index >= 15 is 0 Å². The monoisotopic (exact) mass is 734 g/mol. The van der Waals surface area contributed by atoms with Gasteiger partial charge in [-0.2, -0.15) is 26.3 Å². The van der Waals surface area contributed by atoms with Crippen molar-refractivity contribution in [3.63, 3.8) is 0 Å². The largest absolute Gasteiger partial charge is 0.490 e. The number of benzene rings is 2. The fourth-order valence-corrected chi connectivity index (χ4v) is 3.64. The Morgan fingerprint density at radius 1 is 1.04 bits per heavy atom. The Hall–Kier alpha value is -6.15. The second kappa shape index (κ2) is 21.7. The van der Waals surface area contributed by atoms with E-state index in [0.717, 1.165) is 5.56 Å². The molecule has 0 bridgehead atoms. The Balaban J connectivity index is 0.00000151. The summed E-state index contributed by atoms with van der Waals surface area (Å²) in [6.45, 7) is 2.04. The molecule has 0 spiro atoms. The van der Waals surface area contributed by atoms with Gasteiger partial charge in [-0.3, -0.25) is 29.2 Å². The summed E-state index contributed by atoms with van der Waals surface area (Å²) in [7, 11) is 0. The number of rotatable bonds is 10.